The van der Waals surface area contributed by atoms with Crippen LogP contribution in [0.3, 0.4) is 0 Å². The zero-order valence-electron chi connectivity index (χ0n) is 11.6. The van der Waals surface area contributed by atoms with E-state index in [4.69, 9.17) is 27.6 Å². The average Bonchev–Trinajstić information content (AvgIpc) is 2.89. The first-order chi connectivity index (χ1) is 10.6. The fourth-order valence-electron chi connectivity index (χ4n) is 2.66. The minimum absolute atomic E-state index is 0.124. The molecule has 3 nitrogen and oxygen atoms in total. The molecule has 2 heterocycles. The van der Waals surface area contributed by atoms with Crippen molar-refractivity contribution in [2.75, 3.05) is 0 Å². The molecule has 5 heteroatoms. The monoisotopic (exact) mass is 328 g/mol. The fraction of sp³-hybridized carbons (Fsp3) is 0.0588. The highest BCUT2D eigenvalue weighted by atomic mass is 35.5. The highest BCUT2D eigenvalue weighted by Crippen LogP contribution is 2.37. The number of hydrogen-bond donors (Lipinski definition) is 0. The van der Waals surface area contributed by atoms with Crippen molar-refractivity contribution in [1.82, 2.24) is 9.97 Å². The summed E-state index contributed by atoms with van der Waals surface area (Å²) in [4.78, 5) is 8.31. The largest absolute Gasteiger partial charge is 0.455 e. The summed E-state index contributed by atoms with van der Waals surface area (Å²) in [5.74, 6) is 0. The number of nitrogens with zero attached hydrogens (tertiary/aromatic N) is 2. The summed E-state index contributed by atoms with van der Waals surface area (Å²) in [6, 6.07) is 13.9. The summed E-state index contributed by atoms with van der Waals surface area (Å²) in [7, 11) is 0. The molecule has 0 amide bonds. The van der Waals surface area contributed by atoms with E-state index < -0.39 is 0 Å². The molecule has 22 heavy (non-hydrogen) atoms. The number of rotatable bonds is 1. The molecule has 0 spiro atoms. The van der Waals surface area contributed by atoms with E-state index in [0.717, 1.165) is 33.1 Å². The third kappa shape index (κ3) is 1.97. The molecule has 0 atom stereocenters. The van der Waals surface area contributed by atoms with Crippen LogP contribution >= 0.6 is 23.2 Å². The molecule has 0 bridgehead atoms. The van der Waals surface area contributed by atoms with Gasteiger partial charge in [0.15, 0.2) is 0 Å². The minimum atomic E-state index is 0.124. The molecule has 108 valence electrons. The van der Waals surface area contributed by atoms with Crippen LogP contribution in [-0.4, -0.2) is 9.97 Å². The Morgan fingerprint density at radius 2 is 1.68 bits per heavy atom. The van der Waals surface area contributed by atoms with E-state index in [2.05, 4.69) is 9.97 Å². The van der Waals surface area contributed by atoms with Crippen molar-refractivity contribution in [1.29, 1.82) is 0 Å². The average molecular weight is 329 g/mol. The van der Waals surface area contributed by atoms with Gasteiger partial charge in [-0.15, -0.1) is 0 Å². The Hall–Kier alpha value is -2.10. The van der Waals surface area contributed by atoms with Crippen LogP contribution in [0.1, 0.15) is 5.56 Å². The highest BCUT2D eigenvalue weighted by Gasteiger charge is 2.16. The third-order valence-electron chi connectivity index (χ3n) is 3.72. The molecular formula is C17H10Cl2N2O. The summed E-state index contributed by atoms with van der Waals surface area (Å²) in [5, 5.41) is 2.59. The standard InChI is InChI=1S/C17H10Cl2N2O/c1-9-14(20-17(19)21-16(9)18)12-7-4-6-11-10-5-2-3-8-13(10)22-15(11)12/h2-8H,1H3. The summed E-state index contributed by atoms with van der Waals surface area (Å²) in [5.41, 5.74) is 3.94. The van der Waals surface area contributed by atoms with E-state index >= 15 is 0 Å². The molecule has 2 aromatic carbocycles. The number of aromatic nitrogens is 2. The lowest BCUT2D eigenvalue weighted by Crippen LogP contribution is -1.94. The Morgan fingerprint density at radius 3 is 2.55 bits per heavy atom. The van der Waals surface area contributed by atoms with Crippen LogP contribution in [0.4, 0.5) is 0 Å². The number of para-hydroxylation sites is 2. The van der Waals surface area contributed by atoms with Crippen molar-refractivity contribution >= 4 is 45.1 Å². The molecule has 0 radical (unpaired) electrons. The van der Waals surface area contributed by atoms with Gasteiger partial charge < -0.3 is 4.42 Å². The Labute approximate surface area is 136 Å². The predicted molar refractivity (Wildman–Crippen MR) is 89.5 cm³/mol. The molecule has 0 fully saturated rings. The molecule has 0 aliphatic carbocycles. The molecule has 4 aromatic rings. The molecule has 4 rings (SSSR count). The number of hydrogen-bond acceptors (Lipinski definition) is 3. The predicted octanol–water partition coefficient (Wildman–Crippen LogP) is 5.66. The molecule has 0 saturated carbocycles. The van der Waals surface area contributed by atoms with Crippen molar-refractivity contribution in [2.24, 2.45) is 0 Å². The highest BCUT2D eigenvalue weighted by molar-refractivity contribution is 6.32. The van der Waals surface area contributed by atoms with Gasteiger partial charge in [-0.25, -0.2) is 9.97 Å². The van der Waals surface area contributed by atoms with Crippen LogP contribution in [0.2, 0.25) is 10.4 Å². The normalized spacial score (nSPS) is 11.4. The smallest absolute Gasteiger partial charge is 0.224 e. The van der Waals surface area contributed by atoms with Crippen molar-refractivity contribution in [3.63, 3.8) is 0 Å². The number of furan rings is 1. The second-order valence-electron chi connectivity index (χ2n) is 5.04. The second kappa shape index (κ2) is 4.97. The first kappa shape index (κ1) is 13.6. The topological polar surface area (TPSA) is 38.9 Å². The van der Waals surface area contributed by atoms with Crippen LogP contribution < -0.4 is 0 Å². The summed E-state index contributed by atoms with van der Waals surface area (Å²) < 4.78 is 6.03. The van der Waals surface area contributed by atoms with Crippen molar-refractivity contribution < 1.29 is 4.42 Å². The van der Waals surface area contributed by atoms with Crippen LogP contribution in [0.15, 0.2) is 46.9 Å². The zero-order valence-corrected chi connectivity index (χ0v) is 13.1. The van der Waals surface area contributed by atoms with Crippen LogP contribution in [0.25, 0.3) is 33.2 Å². The lowest BCUT2D eigenvalue weighted by molar-refractivity contribution is 0.669. The second-order valence-corrected chi connectivity index (χ2v) is 5.73. The summed E-state index contributed by atoms with van der Waals surface area (Å²) in [6.45, 7) is 1.87. The minimum Gasteiger partial charge on any atom is -0.455 e. The molecule has 0 unspecified atom stereocenters. The van der Waals surface area contributed by atoms with E-state index in [9.17, 15) is 0 Å². The maximum Gasteiger partial charge on any atom is 0.224 e. The Kier molecular flexibility index (Phi) is 3.06. The zero-order chi connectivity index (χ0) is 15.3. The van der Waals surface area contributed by atoms with Crippen molar-refractivity contribution in [2.45, 2.75) is 6.92 Å². The van der Waals surface area contributed by atoms with Crippen molar-refractivity contribution in [3.8, 4) is 11.3 Å². The van der Waals surface area contributed by atoms with Gasteiger partial charge in [0.1, 0.15) is 16.3 Å². The van der Waals surface area contributed by atoms with Crippen LogP contribution in [0, 0.1) is 6.92 Å². The van der Waals surface area contributed by atoms with Gasteiger partial charge in [0.2, 0.25) is 5.28 Å². The van der Waals surface area contributed by atoms with Gasteiger partial charge in [-0.1, -0.05) is 41.9 Å². The summed E-state index contributed by atoms with van der Waals surface area (Å²) >= 11 is 12.1. The third-order valence-corrected chi connectivity index (χ3v) is 4.26. The quantitative estimate of drug-likeness (QED) is 0.334. The number of halogens is 2. The maximum absolute atomic E-state index is 6.13. The van der Waals surface area contributed by atoms with E-state index in [1.807, 2.05) is 49.4 Å². The SMILES string of the molecule is Cc1c(Cl)nc(Cl)nc1-c1cccc2c1oc1ccccc12. The van der Waals surface area contributed by atoms with Gasteiger partial charge in [-0.05, 0) is 30.7 Å². The van der Waals surface area contributed by atoms with Gasteiger partial charge in [-0.2, -0.15) is 0 Å². The molecule has 0 N–H and O–H groups in total. The fourth-order valence-corrected chi connectivity index (χ4v) is 3.04. The first-order valence-corrected chi connectivity index (χ1v) is 7.51. The number of benzene rings is 2. The Morgan fingerprint density at radius 1 is 0.909 bits per heavy atom. The van der Waals surface area contributed by atoms with Gasteiger partial charge in [0.25, 0.3) is 0 Å². The van der Waals surface area contributed by atoms with Gasteiger partial charge in [0.05, 0.1) is 5.69 Å². The van der Waals surface area contributed by atoms with E-state index in [1.54, 1.807) is 0 Å². The summed E-state index contributed by atoms with van der Waals surface area (Å²) in [6.07, 6.45) is 0. The molecule has 0 aliphatic rings. The van der Waals surface area contributed by atoms with Gasteiger partial charge in [0, 0.05) is 21.9 Å². The lowest BCUT2D eigenvalue weighted by Gasteiger charge is -2.07. The number of fused-ring (bicyclic) bond motifs is 3. The van der Waals surface area contributed by atoms with E-state index in [0.29, 0.717) is 10.8 Å². The van der Waals surface area contributed by atoms with Gasteiger partial charge in [-0.3, -0.25) is 0 Å². The molecular weight excluding hydrogens is 319 g/mol. The van der Waals surface area contributed by atoms with Crippen LogP contribution in [-0.2, 0) is 0 Å². The molecule has 0 aliphatic heterocycles. The van der Waals surface area contributed by atoms with Gasteiger partial charge >= 0.3 is 0 Å². The Balaban J connectivity index is 2.12. The van der Waals surface area contributed by atoms with Crippen LogP contribution in [0.5, 0.6) is 0 Å². The van der Waals surface area contributed by atoms with Crippen molar-refractivity contribution in [3.05, 3.63) is 58.5 Å². The molecule has 0 saturated heterocycles. The lowest BCUT2D eigenvalue weighted by atomic mass is 10.0. The maximum atomic E-state index is 6.13. The Bertz CT molecular complexity index is 1020. The van der Waals surface area contributed by atoms with E-state index in [1.165, 1.54) is 0 Å². The van der Waals surface area contributed by atoms with E-state index in [-0.39, 0.29) is 5.28 Å². The first-order valence-electron chi connectivity index (χ1n) is 6.75. The molecule has 2 aromatic heterocycles.